The lowest BCUT2D eigenvalue weighted by Crippen LogP contribution is -2.59. The summed E-state index contributed by atoms with van der Waals surface area (Å²) in [6, 6.07) is -0.392. The van der Waals surface area contributed by atoms with E-state index < -0.39 is 12.0 Å². The molecule has 6 nitrogen and oxygen atoms in total. The van der Waals surface area contributed by atoms with Crippen LogP contribution in [0.4, 0.5) is 4.79 Å². The van der Waals surface area contributed by atoms with Crippen LogP contribution in [0.1, 0.15) is 33.1 Å². The van der Waals surface area contributed by atoms with Gasteiger partial charge in [-0.25, -0.2) is 9.59 Å². The van der Waals surface area contributed by atoms with Crippen LogP contribution >= 0.6 is 0 Å². The summed E-state index contributed by atoms with van der Waals surface area (Å²) in [7, 11) is 2.08. The van der Waals surface area contributed by atoms with E-state index in [0.717, 1.165) is 19.4 Å². The Morgan fingerprint density at radius 2 is 1.95 bits per heavy atom. The highest BCUT2D eigenvalue weighted by Crippen LogP contribution is 2.24. The number of hydrogen-bond acceptors (Lipinski definition) is 3. The van der Waals surface area contributed by atoms with Gasteiger partial charge < -0.3 is 14.9 Å². The number of aliphatic carboxylic acids is 1. The van der Waals surface area contributed by atoms with Crippen LogP contribution in [0.25, 0.3) is 0 Å². The first-order chi connectivity index (χ1) is 9.93. The highest BCUT2D eigenvalue weighted by Gasteiger charge is 2.38. The largest absolute Gasteiger partial charge is 0.480 e. The average molecular weight is 297 g/mol. The smallest absolute Gasteiger partial charge is 0.326 e. The molecule has 0 aromatic heterocycles. The van der Waals surface area contributed by atoms with E-state index in [2.05, 4.69) is 25.8 Å². The Balaban J connectivity index is 2.05. The number of likely N-dealkylation sites (N-methyl/N-ethyl adjacent to an activating group) is 1. The molecule has 2 rings (SSSR count). The van der Waals surface area contributed by atoms with Crippen molar-refractivity contribution in [1.82, 2.24) is 14.7 Å². The van der Waals surface area contributed by atoms with Crippen molar-refractivity contribution in [1.29, 1.82) is 0 Å². The molecule has 3 atom stereocenters. The van der Waals surface area contributed by atoms with Crippen molar-refractivity contribution in [3.05, 3.63) is 0 Å². The van der Waals surface area contributed by atoms with Gasteiger partial charge in [0.2, 0.25) is 0 Å². The van der Waals surface area contributed by atoms with Crippen LogP contribution in [0.15, 0.2) is 0 Å². The van der Waals surface area contributed by atoms with Gasteiger partial charge >= 0.3 is 12.0 Å². The van der Waals surface area contributed by atoms with Crippen molar-refractivity contribution in [2.45, 2.75) is 45.2 Å². The molecule has 2 fully saturated rings. The molecule has 1 N–H and O–H groups in total. The second-order valence-electron chi connectivity index (χ2n) is 6.45. The summed E-state index contributed by atoms with van der Waals surface area (Å²) >= 11 is 0. The minimum Gasteiger partial charge on any atom is -0.480 e. The number of amides is 2. The van der Waals surface area contributed by atoms with Crippen LogP contribution in [0.3, 0.4) is 0 Å². The van der Waals surface area contributed by atoms with E-state index >= 15 is 0 Å². The maximum absolute atomic E-state index is 12.7. The van der Waals surface area contributed by atoms with Gasteiger partial charge in [-0.15, -0.1) is 0 Å². The molecule has 0 aliphatic carbocycles. The highest BCUT2D eigenvalue weighted by atomic mass is 16.4. The lowest BCUT2D eigenvalue weighted by atomic mass is 9.92. The number of likely N-dealkylation sites (tertiary alicyclic amines) is 1. The van der Waals surface area contributed by atoms with Crippen molar-refractivity contribution < 1.29 is 14.7 Å². The fourth-order valence-corrected chi connectivity index (χ4v) is 3.35. The lowest BCUT2D eigenvalue weighted by molar-refractivity contribution is -0.144. The standard InChI is InChI=1S/C15H27N3O3/c1-4-12-10-17(8-7-16(12)3)15(21)18-6-5-11(2)9-13(18)14(19)20/h11-13H,4-10H2,1-3H3,(H,19,20). The van der Waals surface area contributed by atoms with Crippen molar-refractivity contribution >= 4 is 12.0 Å². The van der Waals surface area contributed by atoms with Crippen LogP contribution in [0.5, 0.6) is 0 Å². The van der Waals surface area contributed by atoms with E-state index in [4.69, 9.17) is 0 Å². The topological polar surface area (TPSA) is 64.1 Å². The van der Waals surface area contributed by atoms with E-state index in [1.54, 1.807) is 4.90 Å². The monoisotopic (exact) mass is 297 g/mol. The van der Waals surface area contributed by atoms with E-state index in [1.807, 2.05) is 4.90 Å². The normalized spacial score (nSPS) is 31.3. The van der Waals surface area contributed by atoms with Crippen molar-refractivity contribution in [2.24, 2.45) is 5.92 Å². The van der Waals surface area contributed by atoms with Crippen LogP contribution in [-0.4, -0.2) is 77.1 Å². The molecule has 0 aromatic carbocycles. The fourth-order valence-electron chi connectivity index (χ4n) is 3.35. The third kappa shape index (κ3) is 3.48. The molecule has 0 saturated carbocycles. The molecule has 2 heterocycles. The first-order valence-electron chi connectivity index (χ1n) is 7.92. The number of carboxylic acids is 1. The third-order valence-electron chi connectivity index (χ3n) is 4.91. The molecule has 2 saturated heterocycles. The Labute approximate surface area is 126 Å². The zero-order valence-corrected chi connectivity index (χ0v) is 13.3. The number of hydrogen-bond donors (Lipinski definition) is 1. The molecule has 0 aromatic rings. The van der Waals surface area contributed by atoms with E-state index in [9.17, 15) is 14.7 Å². The molecule has 2 amide bonds. The quantitative estimate of drug-likeness (QED) is 0.835. The number of carbonyl (C=O) groups is 2. The predicted molar refractivity (Wildman–Crippen MR) is 80.2 cm³/mol. The molecule has 2 aliphatic heterocycles. The van der Waals surface area contributed by atoms with Gasteiger partial charge in [0.1, 0.15) is 6.04 Å². The number of carboxylic acid groups (broad SMARTS) is 1. The summed E-state index contributed by atoms with van der Waals surface area (Å²) in [4.78, 5) is 29.8. The zero-order valence-electron chi connectivity index (χ0n) is 13.3. The number of rotatable bonds is 2. The van der Waals surface area contributed by atoms with Gasteiger partial charge in [0, 0.05) is 32.2 Å². The number of urea groups is 1. The minimum absolute atomic E-state index is 0.0964. The number of carbonyl (C=O) groups excluding carboxylic acids is 1. The molecule has 2 aliphatic rings. The summed E-state index contributed by atoms with van der Waals surface area (Å²) in [6.45, 7) is 6.97. The Hall–Kier alpha value is -1.30. The van der Waals surface area contributed by atoms with Crippen molar-refractivity contribution in [3.8, 4) is 0 Å². The third-order valence-corrected chi connectivity index (χ3v) is 4.91. The lowest BCUT2D eigenvalue weighted by Gasteiger charge is -2.43. The SMILES string of the molecule is CCC1CN(C(=O)N2CCC(C)CC2C(=O)O)CCN1C. The van der Waals surface area contributed by atoms with Crippen LogP contribution in [-0.2, 0) is 4.79 Å². The van der Waals surface area contributed by atoms with Crippen molar-refractivity contribution in [3.63, 3.8) is 0 Å². The van der Waals surface area contributed by atoms with Crippen LogP contribution in [0.2, 0.25) is 0 Å². The predicted octanol–water partition coefficient (Wildman–Crippen LogP) is 1.32. The molecular formula is C15H27N3O3. The highest BCUT2D eigenvalue weighted by molar-refractivity contribution is 5.83. The van der Waals surface area contributed by atoms with Gasteiger partial charge in [0.05, 0.1) is 0 Å². The molecule has 0 bridgehead atoms. The van der Waals surface area contributed by atoms with Gasteiger partial charge in [0.15, 0.2) is 0 Å². The Morgan fingerprint density at radius 3 is 2.57 bits per heavy atom. The van der Waals surface area contributed by atoms with E-state index in [-0.39, 0.29) is 6.03 Å². The zero-order chi connectivity index (χ0) is 15.6. The second-order valence-corrected chi connectivity index (χ2v) is 6.45. The summed E-state index contributed by atoms with van der Waals surface area (Å²) in [6.07, 6.45) is 2.45. The average Bonchev–Trinajstić information content (AvgIpc) is 2.47. The summed E-state index contributed by atoms with van der Waals surface area (Å²) in [5, 5.41) is 9.39. The molecule has 120 valence electrons. The maximum Gasteiger partial charge on any atom is 0.326 e. The number of piperazine rings is 1. The Bertz CT molecular complexity index is 402. The van der Waals surface area contributed by atoms with Gasteiger partial charge in [-0.3, -0.25) is 4.90 Å². The van der Waals surface area contributed by atoms with Gasteiger partial charge in [-0.05, 0) is 32.2 Å². The molecule has 0 radical (unpaired) electrons. The van der Waals surface area contributed by atoms with E-state index in [0.29, 0.717) is 38.0 Å². The van der Waals surface area contributed by atoms with Gasteiger partial charge in [0.25, 0.3) is 0 Å². The van der Waals surface area contributed by atoms with E-state index in [1.165, 1.54) is 0 Å². The molecule has 3 unspecified atom stereocenters. The molecule has 0 spiro atoms. The summed E-state index contributed by atoms with van der Waals surface area (Å²) in [5.74, 6) is -0.512. The summed E-state index contributed by atoms with van der Waals surface area (Å²) in [5.41, 5.74) is 0. The maximum atomic E-state index is 12.7. The van der Waals surface area contributed by atoms with Crippen molar-refractivity contribution in [2.75, 3.05) is 33.2 Å². The van der Waals surface area contributed by atoms with Gasteiger partial charge in [-0.2, -0.15) is 0 Å². The van der Waals surface area contributed by atoms with Crippen LogP contribution < -0.4 is 0 Å². The first-order valence-corrected chi connectivity index (χ1v) is 7.92. The molecular weight excluding hydrogens is 270 g/mol. The number of piperidine rings is 1. The van der Waals surface area contributed by atoms with Gasteiger partial charge in [-0.1, -0.05) is 13.8 Å². The Morgan fingerprint density at radius 1 is 1.24 bits per heavy atom. The minimum atomic E-state index is -0.879. The molecule has 21 heavy (non-hydrogen) atoms. The first kappa shape index (κ1) is 16.1. The second kappa shape index (κ2) is 6.64. The molecule has 6 heteroatoms. The number of nitrogens with zero attached hydrogens (tertiary/aromatic N) is 3. The fraction of sp³-hybridized carbons (Fsp3) is 0.867. The Kier molecular flexibility index (Phi) is 5.08. The van der Waals surface area contributed by atoms with Crippen LogP contribution in [0, 0.1) is 5.92 Å². The summed E-state index contributed by atoms with van der Waals surface area (Å²) < 4.78 is 0.